The Balaban J connectivity index is 1.36. The first-order valence-corrected chi connectivity index (χ1v) is 11.3. The van der Waals surface area contributed by atoms with Gasteiger partial charge in [-0.2, -0.15) is 0 Å². The van der Waals surface area contributed by atoms with Crippen molar-refractivity contribution in [2.45, 2.75) is 51.5 Å². The van der Waals surface area contributed by atoms with E-state index in [9.17, 15) is 9.59 Å². The maximum atomic E-state index is 12.3. The van der Waals surface area contributed by atoms with Crippen LogP contribution in [0.1, 0.15) is 44.6 Å². The molecule has 1 aromatic carbocycles. The van der Waals surface area contributed by atoms with E-state index >= 15 is 0 Å². The Kier molecular flexibility index (Phi) is 8.53. The number of carbonyl (C=O) groups is 2. The lowest BCUT2D eigenvalue weighted by Crippen LogP contribution is -2.38. The third-order valence-electron chi connectivity index (χ3n) is 5.48. The van der Waals surface area contributed by atoms with E-state index in [0.29, 0.717) is 32.0 Å². The summed E-state index contributed by atoms with van der Waals surface area (Å²) in [5, 5.41) is 9.55. The SMILES string of the molecule is CCNC(=NCC1CC(=O)N(CCc2ccccc2)C1)NCCCC(=O)NC1CC1. The molecule has 0 aromatic heterocycles. The average molecular weight is 414 g/mol. The van der Waals surface area contributed by atoms with E-state index in [-0.39, 0.29) is 17.7 Å². The third-order valence-corrected chi connectivity index (χ3v) is 5.48. The second-order valence-corrected chi connectivity index (χ2v) is 8.24. The average Bonchev–Trinajstić information content (AvgIpc) is 3.49. The van der Waals surface area contributed by atoms with Crippen LogP contribution in [0, 0.1) is 5.92 Å². The molecule has 1 saturated heterocycles. The molecule has 2 amide bonds. The first kappa shape index (κ1) is 22.1. The fourth-order valence-corrected chi connectivity index (χ4v) is 3.65. The maximum absolute atomic E-state index is 12.3. The van der Waals surface area contributed by atoms with Gasteiger partial charge in [-0.1, -0.05) is 30.3 Å². The van der Waals surface area contributed by atoms with E-state index in [1.54, 1.807) is 0 Å². The van der Waals surface area contributed by atoms with Crippen molar-refractivity contribution in [3.8, 4) is 0 Å². The van der Waals surface area contributed by atoms with Gasteiger partial charge in [-0.3, -0.25) is 14.6 Å². The van der Waals surface area contributed by atoms with Crippen molar-refractivity contribution in [2.24, 2.45) is 10.9 Å². The fourth-order valence-electron chi connectivity index (χ4n) is 3.65. The predicted octanol–water partition coefficient (Wildman–Crippen LogP) is 1.69. The van der Waals surface area contributed by atoms with Crippen molar-refractivity contribution in [3.63, 3.8) is 0 Å². The molecule has 164 valence electrons. The molecular weight excluding hydrogens is 378 g/mol. The van der Waals surface area contributed by atoms with Crippen LogP contribution in [0.15, 0.2) is 35.3 Å². The number of aliphatic imine (C=N–C) groups is 1. The number of likely N-dealkylation sites (tertiary alicyclic amines) is 1. The van der Waals surface area contributed by atoms with Gasteiger partial charge < -0.3 is 20.9 Å². The number of hydrogen-bond acceptors (Lipinski definition) is 3. The summed E-state index contributed by atoms with van der Waals surface area (Å²) in [5.74, 6) is 1.38. The van der Waals surface area contributed by atoms with Crippen LogP contribution in [0.3, 0.4) is 0 Å². The van der Waals surface area contributed by atoms with E-state index in [2.05, 4.69) is 33.1 Å². The highest BCUT2D eigenvalue weighted by molar-refractivity contribution is 5.81. The topological polar surface area (TPSA) is 85.8 Å². The third kappa shape index (κ3) is 7.69. The number of rotatable bonds is 11. The number of nitrogens with one attached hydrogen (secondary N) is 3. The number of carbonyl (C=O) groups excluding carboxylic acids is 2. The summed E-state index contributed by atoms with van der Waals surface area (Å²) < 4.78 is 0. The molecule has 1 aliphatic carbocycles. The number of benzene rings is 1. The van der Waals surface area contributed by atoms with Crippen molar-refractivity contribution < 1.29 is 9.59 Å². The van der Waals surface area contributed by atoms with Crippen LogP contribution in [0.25, 0.3) is 0 Å². The molecule has 1 atom stereocenters. The van der Waals surface area contributed by atoms with Crippen molar-refractivity contribution in [2.75, 3.05) is 32.7 Å². The highest BCUT2D eigenvalue weighted by atomic mass is 16.2. The molecular formula is C23H35N5O2. The van der Waals surface area contributed by atoms with Crippen molar-refractivity contribution in [1.29, 1.82) is 0 Å². The van der Waals surface area contributed by atoms with E-state index in [1.165, 1.54) is 5.56 Å². The van der Waals surface area contributed by atoms with Gasteiger partial charge in [0, 0.05) is 57.5 Å². The lowest BCUT2D eigenvalue weighted by molar-refractivity contribution is -0.127. The molecule has 0 spiro atoms. The molecule has 1 heterocycles. The predicted molar refractivity (Wildman–Crippen MR) is 119 cm³/mol. The van der Waals surface area contributed by atoms with Crippen molar-refractivity contribution >= 4 is 17.8 Å². The Morgan fingerprint density at radius 3 is 2.73 bits per heavy atom. The summed E-state index contributed by atoms with van der Waals surface area (Å²) >= 11 is 0. The number of hydrogen-bond donors (Lipinski definition) is 3. The zero-order chi connectivity index (χ0) is 21.2. The minimum absolute atomic E-state index is 0.140. The Hall–Kier alpha value is -2.57. The fraction of sp³-hybridized carbons (Fsp3) is 0.609. The van der Waals surface area contributed by atoms with Crippen LogP contribution >= 0.6 is 0 Å². The van der Waals surface area contributed by atoms with Gasteiger partial charge in [-0.15, -0.1) is 0 Å². The number of guanidine groups is 1. The van der Waals surface area contributed by atoms with Gasteiger partial charge in [0.25, 0.3) is 0 Å². The molecule has 1 unspecified atom stereocenters. The molecule has 30 heavy (non-hydrogen) atoms. The molecule has 7 heteroatoms. The summed E-state index contributed by atoms with van der Waals surface area (Å²) in [6.45, 7) is 5.69. The largest absolute Gasteiger partial charge is 0.357 e. The van der Waals surface area contributed by atoms with Gasteiger partial charge in [-0.05, 0) is 38.2 Å². The maximum Gasteiger partial charge on any atom is 0.223 e. The molecule has 3 rings (SSSR count). The lowest BCUT2D eigenvalue weighted by atomic mass is 10.1. The Bertz CT molecular complexity index is 718. The van der Waals surface area contributed by atoms with Crippen LogP contribution < -0.4 is 16.0 Å². The first-order chi connectivity index (χ1) is 14.6. The highest BCUT2D eigenvalue weighted by Gasteiger charge is 2.29. The quantitative estimate of drug-likeness (QED) is 0.293. The second kappa shape index (κ2) is 11.6. The van der Waals surface area contributed by atoms with Crippen molar-refractivity contribution in [3.05, 3.63) is 35.9 Å². The van der Waals surface area contributed by atoms with Gasteiger partial charge in [0.2, 0.25) is 11.8 Å². The molecule has 0 bridgehead atoms. The van der Waals surface area contributed by atoms with Gasteiger partial charge in [0.15, 0.2) is 5.96 Å². The van der Waals surface area contributed by atoms with Gasteiger partial charge >= 0.3 is 0 Å². The monoisotopic (exact) mass is 413 g/mol. The molecule has 1 aliphatic heterocycles. The van der Waals surface area contributed by atoms with E-state index in [0.717, 1.165) is 51.3 Å². The summed E-state index contributed by atoms with van der Waals surface area (Å²) in [7, 11) is 0. The standard InChI is InChI=1S/C23H35N5O2/c1-2-24-23(25-13-6-9-21(29)27-20-10-11-20)26-16-19-15-22(30)28(17-19)14-12-18-7-4-3-5-8-18/h3-5,7-8,19-20H,2,6,9-17H2,1H3,(H,27,29)(H2,24,25,26). The van der Waals surface area contributed by atoms with E-state index < -0.39 is 0 Å². The summed E-state index contributed by atoms with van der Waals surface area (Å²) in [5.41, 5.74) is 1.26. The summed E-state index contributed by atoms with van der Waals surface area (Å²) in [4.78, 5) is 30.7. The molecule has 3 N–H and O–H groups in total. The first-order valence-electron chi connectivity index (χ1n) is 11.3. The van der Waals surface area contributed by atoms with Crippen LogP contribution in [0.2, 0.25) is 0 Å². The molecule has 1 aromatic rings. The second-order valence-electron chi connectivity index (χ2n) is 8.24. The highest BCUT2D eigenvalue weighted by Crippen LogP contribution is 2.19. The van der Waals surface area contributed by atoms with Crippen LogP contribution in [0.5, 0.6) is 0 Å². The van der Waals surface area contributed by atoms with Crippen LogP contribution in [-0.2, 0) is 16.0 Å². The zero-order valence-electron chi connectivity index (χ0n) is 18.0. The zero-order valence-corrected chi connectivity index (χ0v) is 18.0. The van der Waals surface area contributed by atoms with Gasteiger partial charge in [0.05, 0.1) is 0 Å². The molecule has 7 nitrogen and oxygen atoms in total. The molecule has 1 saturated carbocycles. The van der Waals surface area contributed by atoms with Gasteiger partial charge in [0.1, 0.15) is 0 Å². The minimum Gasteiger partial charge on any atom is -0.357 e. The molecule has 0 radical (unpaired) electrons. The summed E-state index contributed by atoms with van der Waals surface area (Å²) in [6, 6.07) is 10.7. The Morgan fingerprint density at radius 2 is 2.00 bits per heavy atom. The number of nitrogens with zero attached hydrogens (tertiary/aromatic N) is 2. The summed E-state index contributed by atoms with van der Waals surface area (Å²) in [6.07, 6.45) is 5.01. The van der Waals surface area contributed by atoms with Gasteiger partial charge in [-0.25, -0.2) is 0 Å². The normalized spacial score (nSPS) is 19.1. The smallest absolute Gasteiger partial charge is 0.223 e. The van der Waals surface area contributed by atoms with Crippen LogP contribution in [0.4, 0.5) is 0 Å². The Morgan fingerprint density at radius 1 is 1.20 bits per heavy atom. The van der Waals surface area contributed by atoms with E-state index in [1.807, 2.05) is 30.0 Å². The molecule has 2 fully saturated rings. The lowest BCUT2D eigenvalue weighted by Gasteiger charge is -2.16. The Labute approximate surface area is 179 Å². The van der Waals surface area contributed by atoms with E-state index in [4.69, 9.17) is 0 Å². The molecule has 2 aliphatic rings. The minimum atomic E-state index is 0.140. The van der Waals surface area contributed by atoms with Crippen molar-refractivity contribution in [1.82, 2.24) is 20.9 Å². The van der Waals surface area contributed by atoms with Crippen LogP contribution in [-0.4, -0.2) is 61.4 Å². The number of amides is 2.